The number of nitrogens with zero attached hydrogens (tertiary/aromatic N) is 2. The van der Waals surface area contributed by atoms with E-state index in [1.807, 2.05) is 36.3 Å². The number of carbonyl (C=O) groups is 2. The van der Waals surface area contributed by atoms with Gasteiger partial charge in [0.2, 0.25) is 5.91 Å². The molecule has 2 aromatic carbocycles. The molecule has 2 heterocycles. The number of thiazole rings is 1. The number of aromatic nitrogens is 1. The molecule has 7 heteroatoms. The third-order valence-electron chi connectivity index (χ3n) is 5.10. The van der Waals surface area contributed by atoms with Gasteiger partial charge in [0.05, 0.1) is 16.3 Å². The van der Waals surface area contributed by atoms with E-state index in [0.717, 1.165) is 41.9 Å². The minimum Gasteiger partial charge on any atom is -0.312 e. The summed E-state index contributed by atoms with van der Waals surface area (Å²) < 4.78 is 0. The Labute approximate surface area is 184 Å². The van der Waals surface area contributed by atoms with Gasteiger partial charge in [-0.25, -0.2) is 4.98 Å². The number of carbonyl (C=O) groups excluding carboxylic acids is 2. The SMILES string of the molecule is CC(C)C(=O)N1CCCc2cc(-c3csc(NC(=O)c4ccccc4Cl)n3)ccc21. The van der Waals surface area contributed by atoms with E-state index in [2.05, 4.69) is 16.4 Å². The van der Waals surface area contributed by atoms with Crippen molar-refractivity contribution in [1.29, 1.82) is 0 Å². The predicted octanol–water partition coefficient (Wildman–Crippen LogP) is 5.65. The molecular weight excluding hydrogens is 418 g/mol. The lowest BCUT2D eigenvalue weighted by Gasteiger charge is -2.31. The zero-order valence-electron chi connectivity index (χ0n) is 16.8. The number of halogens is 1. The van der Waals surface area contributed by atoms with E-state index in [1.54, 1.807) is 24.3 Å². The lowest BCUT2D eigenvalue weighted by molar-refractivity contribution is -0.121. The first-order chi connectivity index (χ1) is 14.4. The molecule has 1 aromatic heterocycles. The van der Waals surface area contributed by atoms with Crippen molar-refractivity contribution in [2.45, 2.75) is 26.7 Å². The fourth-order valence-electron chi connectivity index (χ4n) is 3.57. The maximum atomic E-state index is 12.5. The van der Waals surface area contributed by atoms with Crippen molar-refractivity contribution in [3.63, 3.8) is 0 Å². The number of nitrogens with one attached hydrogen (secondary N) is 1. The molecule has 30 heavy (non-hydrogen) atoms. The number of anilines is 2. The molecule has 0 saturated carbocycles. The van der Waals surface area contributed by atoms with Crippen molar-refractivity contribution < 1.29 is 9.59 Å². The molecule has 2 amide bonds. The molecule has 5 nitrogen and oxygen atoms in total. The molecule has 0 spiro atoms. The third kappa shape index (κ3) is 4.11. The molecule has 1 aliphatic heterocycles. The molecule has 0 atom stereocenters. The molecule has 0 fully saturated rings. The lowest BCUT2D eigenvalue weighted by atomic mass is 9.97. The van der Waals surface area contributed by atoms with Crippen LogP contribution in [-0.2, 0) is 11.2 Å². The fraction of sp³-hybridized carbons (Fsp3) is 0.261. The highest BCUT2D eigenvalue weighted by Gasteiger charge is 2.24. The van der Waals surface area contributed by atoms with Crippen molar-refractivity contribution in [1.82, 2.24) is 4.98 Å². The molecule has 0 unspecified atom stereocenters. The van der Waals surface area contributed by atoms with Crippen molar-refractivity contribution in [2.24, 2.45) is 5.92 Å². The molecule has 4 rings (SSSR count). The Bertz CT molecular complexity index is 1110. The lowest BCUT2D eigenvalue weighted by Crippen LogP contribution is -2.38. The zero-order chi connectivity index (χ0) is 21.3. The number of hydrogen-bond acceptors (Lipinski definition) is 4. The highest BCUT2D eigenvalue weighted by molar-refractivity contribution is 7.14. The smallest absolute Gasteiger partial charge is 0.258 e. The summed E-state index contributed by atoms with van der Waals surface area (Å²) >= 11 is 7.47. The van der Waals surface area contributed by atoms with Crippen molar-refractivity contribution >= 4 is 45.6 Å². The maximum Gasteiger partial charge on any atom is 0.258 e. The number of hydrogen-bond donors (Lipinski definition) is 1. The number of rotatable bonds is 4. The van der Waals surface area contributed by atoms with E-state index in [-0.39, 0.29) is 17.7 Å². The standard InChI is InChI=1S/C23H22ClN3O2S/c1-14(2)22(29)27-11-5-6-16-12-15(9-10-20(16)27)19-13-30-23(25-19)26-21(28)17-7-3-4-8-18(17)24/h3-4,7-10,12-14H,5-6,11H2,1-2H3,(H,25,26,28). The minimum absolute atomic E-state index is 0.0292. The van der Waals surface area contributed by atoms with Crippen LogP contribution >= 0.6 is 22.9 Å². The van der Waals surface area contributed by atoms with Gasteiger partial charge in [-0.05, 0) is 42.7 Å². The zero-order valence-corrected chi connectivity index (χ0v) is 18.4. The summed E-state index contributed by atoms with van der Waals surface area (Å²) in [6, 6.07) is 13.0. The van der Waals surface area contributed by atoms with Crippen LogP contribution in [-0.4, -0.2) is 23.3 Å². The topological polar surface area (TPSA) is 62.3 Å². The first-order valence-corrected chi connectivity index (χ1v) is 11.2. The van der Waals surface area contributed by atoms with Crippen LogP contribution in [0.5, 0.6) is 0 Å². The summed E-state index contributed by atoms with van der Waals surface area (Å²) in [4.78, 5) is 31.5. The monoisotopic (exact) mass is 439 g/mol. The first kappa shape index (κ1) is 20.6. The first-order valence-electron chi connectivity index (χ1n) is 9.90. The van der Waals surface area contributed by atoms with Gasteiger partial charge in [-0.2, -0.15) is 0 Å². The van der Waals surface area contributed by atoms with Crippen LogP contribution in [0.3, 0.4) is 0 Å². The molecule has 0 aliphatic carbocycles. The summed E-state index contributed by atoms with van der Waals surface area (Å²) in [5, 5.41) is 5.66. The second kappa shape index (κ2) is 8.58. The number of amides is 2. The van der Waals surface area contributed by atoms with E-state index in [4.69, 9.17) is 11.6 Å². The molecule has 1 aliphatic rings. The quantitative estimate of drug-likeness (QED) is 0.571. The second-order valence-electron chi connectivity index (χ2n) is 7.56. The molecular formula is C23H22ClN3O2S. The Morgan fingerprint density at radius 2 is 2.00 bits per heavy atom. The molecule has 3 aromatic rings. The fourth-order valence-corrected chi connectivity index (χ4v) is 4.51. The summed E-state index contributed by atoms with van der Waals surface area (Å²) in [7, 11) is 0. The molecule has 154 valence electrons. The van der Waals surface area contributed by atoms with Crippen LogP contribution in [0.25, 0.3) is 11.3 Å². The number of fused-ring (bicyclic) bond motifs is 1. The average Bonchev–Trinajstić information content (AvgIpc) is 3.21. The largest absolute Gasteiger partial charge is 0.312 e. The normalized spacial score (nSPS) is 13.3. The Hall–Kier alpha value is -2.70. The minimum atomic E-state index is -0.283. The highest BCUT2D eigenvalue weighted by Crippen LogP contribution is 2.33. The Balaban J connectivity index is 1.55. The van der Waals surface area contributed by atoms with Gasteiger partial charge >= 0.3 is 0 Å². The van der Waals surface area contributed by atoms with E-state index >= 15 is 0 Å². The van der Waals surface area contributed by atoms with Crippen LogP contribution in [0.15, 0.2) is 47.8 Å². The average molecular weight is 440 g/mol. The van der Waals surface area contributed by atoms with Crippen LogP contribution in [0.4, 0.5) is 10.8 Å². The van der Waals surface area contributed by atoms with E-state index in [9.17, 15) is 9.59 Å². The molecule has 1 N–H and O–H groups in total. The van der Waals surface area contributed by atoms with E-state index < -0.39 is 0 Å². The summed E-state index contributed by atoms with van der Waals surface area (Å²) in [5.74, 6) is -0.157. The van der Waals surface area contributed by atoms with Crippen LogP contribution < -0.4 is 10.2 Å². The van der Waals surface area contributed by atoms with Gasteiger partial charge in [-0.15, -0.1) is 11.3 Å². The van der Waals surface area contributed by atoms with Crippen LogP contribution in [0.1, 0.15) is 36.2 Å². The van der Waals surface area contributed by atoms with Crippen LogP contribution in [0.2, 0.25) is 5.02 Å². The summed E-state index contributed by atoms with van der Waals surface area (Å²) in [5.41, 5.74) is 4.33. The van der Waals surface area contributed by atoms with Crippen molar-refractivity contribution in [3.8, 4) is 11.3 Å². The van der Waals surface area contributed by atoms with Crippen molar-refractivity contribution in [3.05, 3.63) is 64.0 Å². The Morgan fingerprint density at radius 1 is 1.20 bits per heavy atom. The third-order valence-corrected chi connectivity index (χ3v) is 6.18. The van der Waals surface area contributed by atoms with Gasteiger partial charge in [0.1, 0.15) is 0 Å². The van der Waals surface area contributed by atoms with Gasteiger partial charge in [0.15, 0.2) is 5.13 Å². The van der Waals surface area contributed by atoms with Crippen molar-refractivity contribution in [2.75, 3.05) is 16.8 Å². The van der Waals surface area contributed by atoms with Gasteiger partial charge < -0.3 is 4.90 Å². The molecule has 0 bridgehead atoms. The summed E-state index contributed by atoms with van der Waals surface area (Å²) in [6.07, 6.45) is 1.89. The van der Waals surface area contributed by atoms with Gasteiger partial charge in [0.25, 0.3) is 5.91 Å². The summed E-state index contributed by atoms with van der Waals surface area (Å²) in [6.45, 7) is 4.62. The molecule has 0 radical (unpaired) electrons. The molecule has 0 saturated heterocycles. The highest BCUT2D eigenvalue weighted by atomic mass is 35.5. The van der Waals surface area contributed by atoms with E-state index in [0.29, 0.717) is 15.7 Å². The predicted molar refractivity (Wildman–Crippen MR) is 122 cm³/mol. The number of aryl methyl sites for hydroxylation is 1. The van der Waals surface area contributed by atoms with E-state index in [1.165, 1.54) is 11.3 Å². The Kier molecular flexibility index (Phi) is 5.88. The van der Waals surface area contributed by atoms with Crippen LogP contribution in [0, 0.1) is 5.92 Å². The van der Waals surface area contributed by atoms with Gasteiger partial charge in [0, 0.05) is 29.1 Å². The second-order valence-corrected chi connectivity index (χ2v) is 8.83. The maximum absolute atomic E-state index is 12.5. The van der Waals surface area contributed by atoms with Gasteiger partial charge in [-0.1, -0.05) is 43.6 Å². The number of benzene rings is 2. The van der Waals surface area contributed by atoms with Gasteiger partial charge in [-0.3, -0.25) is 14.9 Å². The Morgan fingerprint density at radius 3 is 2.77 bits per heavy atom.